The van der Waals surface area contributed by atoms with Gasteiger partial charge in [0.2, 0.25) is 17.7 Å². The van der Waals surface area contributed by atoms with E-state index in [2.05, 4.69) is 16.0 Å². The lowest BCUT2D eigenvalue weighted by molar-refractivity contribution is -0.137. The minimum Gasteiger partial charge on any atom is -0.353 e. The number of piperazine rings is 1. The molecular weight excluding hydrogens is 310 g/mol. The molecule has 0 aromatic heterocycles. The topological polar surface area (TPSA) is 104 Å². The van der Waals surface area contributed by atoms with Gasteiger partial charge in [-0.1, -0.05) is 19.8 Å². The predicted octanol–water partition coefficient (Wildman–Crippen LogP) is 0.592. The van der Waals surface area contributed by atoms with Gasteiger partial charge in [-0.2, -0.15) is 0 Å². The van der Waals surface area contributed by atoms with Crippen LogP contribution in [0.4, 0.5) is 0 Å². The Morgan fingerprint density at radius 1 is 1.00 bits per heavy atom. The van der Waals surface area contributed by atoms with Crippen molar-refractivity contribution in [2.75, 3.05) is 6.54 Å². The molecule has 1 saturated heterocycles. The van der Waals surface area contributed by atoms with E-state index in [0.717, 1.165) is 12.8 Å². The van der Waals surface area contributed by atoms with Gasteiger partial charge in [0.25, 0.3) is 0 Å². The van der Waals surface area contributed by atoms with Crippen LogP contribution in [0.3, 0.4) is 0 Å². The molecule has 7 nitrogen and oxygen atoms in total. The fourth-order valence-corrected chi connectivity index (χ4v) is 2.43. The Hall–Kier alpha value is -2.18. The van der Waals surface area contributed by atoms with E-state index in [1.807, 2.05) is 6.92 Å². The highest BCUT2D eigenvalue weighted by molar-refractivity contribution is 5.97. The normalized spacial score (nSPS) is 20.6. The molecule has 1 aliphatic rings. The van der Waals surface area contributed by atoms with E-state index in [9.17, 15) is 19.2 Å². The molecule has 0 aromatic carbocycles. The van der Waals surface area contributed by atoms with E-state index in [1.54, 1.807) is 0 Å². The standard InChI is InChI=1S/C17H27N3O4/c1-3-4-7-13-16(23)20-14(17(24)19-13)8-5-6-11-18-15(22)10-9-12(2)21/h9-10,13-14H,3-8,11H2,1-2H3,(H,18,22)(H,19,24)(H,20,23)/b10-9+. The van der Waals surface area contributed by atoms with E-state index >= 15 is 0 Å². The summed E-state index contributed by atoms with van der Waals surface area (Å²) in [4.78, 5) is 46.0. The van der Waals surface area contributed by atoms with Gasteiger partial charge in [0.15, 0.2) is 5.78 Å². The summed E-state index contributed by atoms with van der Waals surface area (Å²) in [6.45, 7) is 3.88. The summed E-state index contributed by atoms with van der Waals surface area (Å²) in [6.07, 6.45) is 6.90. The summed E-state index contributed by atoms with van der Waals surface area (Å²) in [5.74, 6) is -0.742. The lowest BCUT2D eigenvalue weighted by Crippen LogP contribution is -2.61. The van der Waals surface area contributed by atoms with Crippen molar-refractivity contribution in [1.82, 2.24) is 16.0 Å². The van der Waals surface area contributed by atoms with Crippen LogP contribution in [0.5, 0.6) is 0 Å². The van der Waals surface area contributed by atoms with E-state index < -0.39 is 12.1 Å². The van der Waals surface area contributed by atoms with Gasteiger partial charge >= 0.3 is 0 Å². The molecule has 1 aliphatic heterocycles. The number of unbranched alkanes of at least 4 members (excludes halogenated alkanes) is 2. The van der Waals surface area contributed by atoms with Gasteiger partial charge < -0.3 is 16.0 Å². The molecule has 0 radical (unpaired) electrons. The predicted molar refractivity (Wildman–Crippen MR) is 90.1 cm³/mol. The van der Waals surface area contributed by atoms with Crippen molar-refractivity contribution in [3.05, 3.63) is 12.2 Å². The summed E-state index contributed by atoms with van der Waals surface area (Å²) >= 11 is 0. The summed E-state index contributed by atoms with van der Waals surface area (Å²) in [5.41, 5.74) is 0. The minimum absolute atomic E-state index is 0.115. The number of nitrogens with one attached hydrogen (secondary N) is 3. The molecule has 7 heteroatoms. The lowest BCUT2D eigenvalue weighted by atomic mass is 10.0. The molecule has 1 fully saturated rings. The van der Waals surface area contributed by atoms with Crippen LogP contribution in [0.15, 0.2) is 12.2 Å². The van der Waals surface area contributed by atoms with Gasteiger partial charge in [-0.25, -0.2) is 0 Å². The number of carbonyl (C=O) groups is 4. The molecule has 3 amide bonds. The summed E-state index contributed by atoms with van der Waals surface area (Å²) < 4.78 is 0. The fourth-order valence-electron chi connectivity index (χ4n) is 2.43. The third-order valence-electron chi connectivity index (χ3n) is 3.80. The van der Waals surface area contributed by atoms with E-state index in [4.69, 9.17) is 0 Å². The van der Waals surface area contributed by atoms with E-state index in [0.29, 0.717) is 32.2 Å². The molecule has 1 rings (SSSR count). The molecule has 0 spiro atoms. The highest BCUT2D eigenvalue weighted by Gasteiger charge is 2.32. The van der Waals surface area contributed by atoms with Crippen molar-refractivity contribution in [2.24, 2.45) is 0 Å². The first kappa shape index (κ1) is 19.9. The highest BCUT2D eigenvalue weighted by atomic mass is 16.2. The maximum absolute atomic E-state index is 12.0. The quantitative estimate of drug-likeness (QED) is 0.401. The molecule has 134 valence electrons. The number of ketones is 1. The van der Waals surface area contributed by atoms with Crippen LogP contribution in [0, 0.1) is 0 Å². The van der Waals surface area contributed by atoms with Gasteiger partial charge in [-0.3, -0.25) is 19.2 Å². The molecule has 2 atom stereocenters. The second-order valence-electron chi connectivity index (χ2n) is 6.00. The first-order valence-electron chi connectivity index (χ1n) is 8.51. The maximum Gasteiger partial charge on any atom is 0.244 e. The Morgan fingerprint density at radius 3 is 2.12 bits per heavy atom. The molecule has 1 heterocycles. The smallest absolute Gasteiger partial charge is 0.244 e. The van der Waals surface area contributed by atoms with Gasteiger partial charge in [0.05, 0.1) is 0 Å². The summed E-state index contributed by atoms with van der Waals surface area (Å²) in [7, 11) is 0. The molecule has 0 aliphatic carbocycles. The van der Waals surface area contributed by atoms with Crippen molar-refractivity contribution < 1.29 is 19.2 Å². The molecule has 0 aromatic rings. The largest absolute Gasteiger partial charge is 0.353 e. The van der Waals surface area contributed by atoms with Crippen molar-refractivity contribution in [2.45, 2.75) is 64.5 Å². The summed E-state index contributed by atoms with van der Waals surface area (Å²) in [5, 5.41) is 8.21. The number of rotatable bonds is 10. The van der Waals surface area contributed by atoms with Crippen LogP contribution < -0.4 is 16.0 Å². The molecule has 2 unspecified atom stereocenters. The second-order valence-corrected chi connectivity index (χ2v) is 6.00. The average Bonchev–Trinajstić information content (AvgIpc) is 2.54. The Morgan fingerprint density at radius 2 is 1.58 bits per heavy atom. The van der Waals surface area contributed by atoms with E-state index in [-0.39, 0.29) is 23.5 Å². The number of allylic oxidation sites excluding steroid dienone is 1. The first-order valence-corrected chi connectivity index (χ1v) is 8.51. The molecular formula is C17H27N3O4. The molecule has 3 N–H and O–H groups in total. The van der Waals surface area contributed by atoms with Crippen molar-refractivity contribution in [3.8, 4) is 0 Å². The average molecular weight is 337 g/mol. The lowest BCUT2D eigenvalue weighted by Gasteiger charge is -2.29. The Kier molecular flexibility index (Phi) is 8.75. The van der Waals surface area contributed by atoms with Gasteiger partial charge in [-0.15, -0.1) is 0 Å². The zero-order valence-corrected chi connectivity index (χ0v) is 14.4. The zero-order valence-electron chi connectivity index (χ0n) is 14.4. The van der Waals surface area contributed by atoms with E-state index in [1.165, 1.54) is 19.1 Å². The van der Waals surface area contributed by atoms with Crippen LogP contribution in [-0.4, -0.2) is 42.1 Å². The molecule has 24 heavy (non-hydrogen) atoms. The Balaban J connectivity index is 2.22. The molecule has 0 bridgehead atoms. The highest BCUT2D eigenvalue weighted by Crippen LogP contribution is 2.09. The third kappa shape index (κ3) is 7.39. The number of carbonyl (C=O) groups excluding carboxylic acids is 4. The van der Waals surface area contributed by atoms with Crippen LogP contribution in [0.1, 0.15) is 52.4 Å². The molecule has 0 saturated carbocycles. The van der Waals surface area contributed by atoms with Crippen LogP contribution in [-0.2, 0) is 19.2 Å². The number of hydrogen-bond donors (Lipinski definition) is 3. The monoisotopic (exact) mass is 337 g/mol. The van der Waals surface area contributed by atoms with Crippen molar-refractivity contribution in [1.29, 1.82) is 0 Å². The number of hydrogen-bond acceptors (Lipinski definition) is 4. The zero-order chi connectivity index (χ0) is 17.9. The van der Waals surface area contributed by atoms with Gasteiger partial charge in [0.1, 0.15) is 12.1 Å². The van der Waals surface area contributed by atoms with Crippen LogP contribution in [0.25, 0.3) is 0 Å². The second kappa shape index (κ2) is 10.6. The minimum atomic E-state index is -0.497. The SMILES string of the molecule is CCCCC1NC(=O)C(CCCCNC(=O)/C=C/C(C)=O)NC1=O. The maximum atomic E-state index is 12.0. The summed E-state index contributed by atoms with van der Waals surface area (Å²) in [6, 6.07) is -0.912. The first-order chi connectivity index (χ1) is 11.4. The van der Waals surface area contributed by atoms with Crippen LogP contribution >= 0.6 is 0 Å². The van der Waals surface area contributed by atoms with Gasteiger partial charge in [-0.05, 0) is 38.7 Å². The third-order valence-corrected chi connectivity index (χ3v) is 3.80. The van der Waals surface area contributed by atoms with Gasteiger partial charge in [0, 0.05) is 12.6 Å². The number of amides is 3. The van der Waals surface area contributed by atoms with Crippen LogP contribution in [0.2, 0.25) is 0 Å². The van der Waals surface area contributed by atoms with Crippen molar-refractivity contribution >= 4 is 23.5 Å². The Labute approximate surface area is 142 Å². The Bertz CT molecular complexity index is 502. The fraction of sp³-hybridized carbons (Fsp3) is 0.647. The van der Waals surface area contributed by atoms with Crippen molar-refractivity contribution in [3.63, 3.8) is 0 Å².